The lowest BCUT2D eigenvalue weighted by molar-refractivity contribution is -0.383. The average Bonchev–Trinajstić information content (AvgIpc) is 2.81. The van der Waals surface area contributed by atoms with Crippen molar-refractivity contribution in [3.05, 3.63) is 101 Å². The van der Waals surface area contributed by atoms with E-state index in [9.17, 15) is 14.9 Å². The van der Waals surface area contributed by atoms with Crippen LogP contribution in [0.4, 0.5) is 28.7 Å². The van der Waals surface area contributed by atoms with Crippen LogP contribution >= 0.6 is 0 Å². The minimum Gasteiger partial charge on any atom is -0.457 e. The van der Waals surface area contributed by atoms with Crippen molar-refractivity contribution in [3.8, 4) is 11.5 Å². The van der Waals surface area contributed by atoms with E-state index in [1.807, 2.05) is 30.3 Å². The summed E-state index contributed by atoms with van der Waals surface area (Å²) in [6.45, 7) is 1.47. The Kier molecular flexibility index (Phi) is 6.21. The topological polar surface area (TPSA) is 119 Å². The van der Waals surface area contributed by atoms with Crippen molar-refractivity contribution >= 4 is 34.5 Å². The molecule has 0 unspecified atom stereocenters. The van der Waals surface area contributed by atoms with Gasteiger partial charge in [0.1, 0.15) is 17.8 Å². The first-order valence-electron chi connectivity index (χ1n) is 9.97. The number of carbonyl (C=O) groups excluding carboxylic acids is 1. The van der Waals surface area contributed by atoms with Gasteiger partial charge < -0.3 is 15.4 Å². The van der Waals surface area contributed by atoms with Crippen LogP contribution < -0.4 is 15.4 Å². The standard InChI is InChI=1S/C24H19N5O4/c1-16(30)17-7-9-18(10-8-17)27-23-22(29(31)32)24(26-15-25-23)28-19-11-13-21(14-12-19)33-20-5-3-2-4-6-20/h2-15H,1H3,(H2,25,26,27,28). The lowest BCUT2D eigenvalue weighted by atomic mass is 10.1. The molecule has 2 N–H and O–H groups in total. The molecule has 0 atom stereocenters. The van der Waals surface area contributed by atoms with Gasteiger partial charge in [-0.2, -0.15) is 0 Å². The Balaban J connectivity index is 1.54. The summed E-state index contributed by atoms with van der Waals surface area (Å²) in [5.74, 6) is 1.32. The van der Waals surface area contributed by atoms with Crippen LogP contribution in [0.2, 0.25) is 0 Å². The number of aromatic nitrogens is 2. The largest absolute Gasteiger partial charge is 0.457 e. The first-order valence-corrected chi connectivity index (χ1v) is 9.97. The van der Waals surface area contributed by atoms with Gasteiger partial charge in [-0.15, -0.1) is 0 Å². The normalized spacial score (nSPS) is 10.3. The Morgan fingerprint density at radius 1 is 0.818 bits per heavy atom. The quantitative estimate of drug-likeness (QED) is 0.198. The van der Waals surface area contributed by atoms with Gasteiger partial charge >= 0.3 is 5.69 Å². The van der Waals surface area contributed by atoms with Gasteiger partial charge in [0.2, 0.25) is 11.6 Å². The maximum atomic E-state index is 11.8. The van der Waals surface area contributed by atoms with E-state index in [0.29, 0.717) is 28.4 Å². The van der Waals surface area contributed by atoms with E-state index in [4.69, 9.17) is 4.74 Å². The van der Waals surface area contributed by atoms with E-state index in [-0.39, 0.29) is 23.1 Å². The number of ketones is 1. The third-order valence-electron chi connectivity index (χ3n) is 4.65. The fraction of sp³-hybridized carbons (Fsp3) is 0.0417. The smallest absolute Gasteiger partial charge is 0.353 e. The van der Waals surface area contributed by atoms with Gasteiger partial charge in [0, 0.05) is 16.9 Å². The van der Waals surface area contributed by atoms with Crippen LogP contribution in [0.3, 0.4) is 0 Å². The van der Waals surface area contributed by atoms with Crippen molar-refractivity contribution in [3.63, 3.8) is 0 Å². The molecule has 0 aliphatic carbocycles. The van der Waals surface area contributed by atoms with Gasteiger partial charge in [0.15, 0.2) is 5.78 Å². The molecule has 0 amide bonds. The molecule has 9 heteroatoms. The molecule has 0 spiro atoms. The first-order chi connectivity index (χ1) is 16.0. The summed E-state index contributed by atoms with van der Waals surface area (Å²) >= 11 is 0. The van der Waals surface area contributed by atoms with Crippen molar-refractivity contribution in [1.82, 2.24) is 9.97 Å². The Hall–Kier alpha value is -4.79. The zero-order valence-corrected chi connectivity index (χ0v) is 17.6. The Morgan fingerprint density at radius 2 is 1.33 bits per heavy atom. The number of benzene rings is 3. The number of para-hydroxylation sites is 1. The number of carbonyl (C=O) groups is 1. The number of nitrogens with one attached hydrogen (secondary N) is 2. The number of hydrogen-bond donors (Lipinski definition) is 2. The van der Waals surface area contributed by atoms with Crippen LogP contribution in [-0.4, -0.2) is 20.7 Å². The molecule has 4 rings (SSSR count). The summed E-state index contributed by atoms with van der Waals surface area (Å²) in [6.07, 6.45) is 1.23. The summed E-state index contributed by atoms with van der Waals surface area (Å²) in [7, 11) is 0. The number of Topliss-reactive ketones (excluding diaryl/α,β-unsaturated/α-hetero) is 1. The van der Waals surface area contributed by atoms with Crippen molar-refractivity contribution in [1.29, 1.82) is 0 Å². The van der Waals surface area contributed by atoms with E-state index < -0.39 is 4.92 Å². The van der Waals surface area contributed by atoms with Crippen LogP contribution in [0.1, 0.15) is 17.3 Å². The average molecular weight is 441 g/mol. The minimum absolute atomic E-state index is 0.0251. The number of nitro groups is 1. The molecule has 0 bridgehead atoms. The lowest BCUT2D eigenvalue weighted by Gasteiger charge is -2.11. The molecule has 0 aliphatic rings. The fourth-order valence-corrected chi connectivity index (χ4v) is 3.03. The van der Waals surface area contributed by atoms with Gasteiger partial charge in [-0.3, -0.25) is 14.9 Å². The van der Waals surface area contributed by atoms with Gasteiger partial charge in [0.05, 0.1) is 4.92 Å². The first kappa shape index (κ1) is 21.4. The SMILES string of the molecule is CC(=O)c1ccc(Nc2ncnc(Nc3ccc(Oc4ccccc4)cc3)c2[N+](=O)[O-])cc1. The maximum Gasteiger partial charge on any atom is 0.353 e. The van der Waals surface area contributed by atoms with E-state index >= 15 is 0 Å². The predicted octanol–water partition coefficient (Wildman–Crippen LogP) is 5.87. The molecule has 3 aromatic carbocycles. The van der Waals surface area contributed by atoms with E-state index in [1.165, 1.54) is 13.3 Å². The number of hydrogen-bond acceptors (Lipinski definition) is 8. The Bertz CT molecular complexity index is 1280. The second-order valence-corrected chi connectivity index (χ2v) is 7.00. The maximum absolute atomic E-state index is 11.8. The monoisotopic (exact) mass is 441 g/mol. The molecule has 0 saturated heterocycles. The molecule has 1 aromatic heterocycles. The molecule has 4 aromatic rings. The second-order valence-electron chi connectivity index (χ2n) is 7.00. The molecule has 9 nitrogen and oxygen atoms in total. The zero-order valence-electron chi connectivity index (χ0n) is 17.6. The molecular formula is C24H19N5O4. The third kappa shape index (κ3) is 5.28. The van der Waals surface area contributed by atoms with E-state index in [1.54, 1.807) is 48.5 Å². The highest BCUT2D eigenvalue weighted by molar-refractivity contribution is 5.94. The van der Waals surface area contributed by atoms with Gasteiger partial charge in [0.25, 0.3) is 0 Å². The molecule has 0 saturated carbocycles. The molecule has 0 aliphatic heterocycles. The minimum atomic E-state index is -0.554. The van der Waals surface area contributed by atoms with Crippen molar-refractivity contribution in [2.45, 2.75) is 6.92 Å². The molecule has 0 fully saturated rings. The Labute approximate surface area is 189 Å². The van der Waals surface area contributed by atoms with Gasteiger partial charge in [-0.25, -0.2) is 9.97 Å². The third-order valence-corrected chi connectivity index (χ3v) is 4.65. The van der Waals surface area contributed by atoms with Gasteiger partial charge in [-0.05, 0) is 67.6 Å². The van der Waals surface area contributed by atoms with Gasteiger partial charge in [-0.1, -0.05) is 18.2 Å². The summed E-state index contributed by atoms with van der Waals surface area (Å²) in [5.41, 5.74) is 1.38. The number of anilines is 4. The Morgan fingerprint density at radius 3 is 1.85 bits per heavy atom. The summed E-state index contributed by atoms with van der Waals surface area (Å²) in [6, 6.07) is 22.9. The van der Waals surface area contributed by atoms with Crippen LogP contribution in [0.5, 0.6) is 11.5 Å². The summed E-state index contributed by atoms with van der Waals surface area (Å²) < 4.78 is 5.76. The molecule has 0 radical (unpaired) electrons. The number of ether oxygens (including phenoxy) is 1. The molecule has 33 heavy (non-hydrogen) atoms. The van der Waals surface area contributed by atoms with Crippen LogP contribution in [-0.2, 0) is 0 Å². The number of rotatable bonds is 8. The lowest BCUT2D eigenvalue weighted by Crippen LogP contribution is -2.05. The highest BCUT2D eigenvalue weighted by atomic mass is 16.6. The molecule has 164 valence electrons. The summed E-state index contributed by atoms with van der Waals surface area (Å²) in [5, 5.41) is 17.7. The van der Waals surface area contributed by atoms with E-state index in [0.717, 1.165) is 0 Å². The van der Waals surface area contributed by atoms with Crippen LogP contribution in [0.25, 0.3) is 0 Å². The summed E-state index contributed by atoms with van der Waals surface area (Å²) in [4.78, 5) is 30.8. The van der Waals surface area contributed by atoms with E-state index in [2.05, 4.69) is 20.6 Å². The zero-order chi connectivity index (χ0) is 23.2. The van der Waals surface area contributed by atoms with Crippen molar-refractivity contribution in [2.75, 3.05) is 10.6 Å². The predicted molar refractivity (Wildman–Crippen MR) is 125 cm³/mol. The highest BCUT2D eigenvalue weighted by Gasteiger charge is 2.23. The molecular weight excluding hydrogens is 422 g/mol. The van der Waals surface area contributed by atoms with Crippen LogP contribution in [0.15, 0.2) is 85.2 Å². The second kappa shape index (κ2) is 9.56. The van der Waals surface area contributed by atoms with Crippen molar-refractivity contribution in [2.24, 2.45) is 0 Å². The fourth-order valence-electron chi connectivity index (χ4n) is 3.03. The van der Waals surface area contributed by atoms with Crippen molar-refractivity contribution < 1.29 is 14.5 Å². The molecule has 1 heterocycles. The highest BCUT2D eigenvalue weighted by Crippen LogP contribution is 2.33. The number of nitrogens with zero attached hydrogens (tertiary/aromatic N) is 3. The van der Waals surface area contributed by atoms with Crippen LogP contribution in [0, 0.1) is 10.1 Å².